The van der Waals surface area contributed by atoms with Gasteiger partial charge in [0.15, 0.2) is 0 Å². The fourth-order valence-corrected chi connectivity index (χ4v) is 2.31. The lowest BCUT2D eigenvalue weighted by molar-refractivity contribution is -0.139. The Morgan fingerprint density at radius 1 is 1.05 bits per heavy atom. The van der Waals surface area contributed by atoms with Crippen LogP contribution in [-0.4, -0.2) is 13.1 Å². The van der Waals surface area contributed by atoms with Crippen LogP contribution in [0.3, 0.4) is 0 Å². The molecule has 2 rings (SSSR count). The fourth-order valence-electron chi connectivity index (χ4n) is 1.87. The molecule has 0 atom stereocenters. The van der Waals surface area contributed by atoms with Crippen molar-refractivity contribution in [2.24, 2.45) is 0 Å². The maximum Gasteiger partial charge on any atom is 0.309 e. The van der Waals surface area contributed by atoms with Crippen molar-refractivity contribution in [1.29, 1.82) is 0 Å². The molecule has 0 amide bonds. The molecular formula is C16H14Cl2O3. The minimum Gasteiger partial charge on any atom is -0.487 e. The van der Waals surface area contributed by atoms with Gasteiger partial charge in [-0.2, -0.15) is 0 Å². The largest absolute Gasteiger partial charge is 0.487 e. The lowest BCUT2D eigenvalue weighted by Gasteiger charge is -2.13. The first-order valence-corrected chi connectivity index (χ1v) is 7.08. The van der Waals surface area contributed by atoms with Gasteiger partial charge in [0.2, 0.25) is 0 Å². The van der Waals surface area contributed by atoms with Crippen LogP contribution in [0, 0.1) is 0 Å². The molecule has 0 aliphatic rings. The van der Waals surface area contributed by atoms with Crippen LogP contribution in [0.15, 0.2) is 42.5 Å². The minimum atomic E-state index is -0.323. The number of halogens is 2. The summed E-state index contributed by atoms with van der Waals surface area (Å²) >= 11 is 12.2. The number of carbonyl (C=O) groups excluding carboxylic acids is 1. The van der Waals surface area contributed by atoms with E-state index >= 15 is 0 Å². The number of methoxy groups -OCH3 is 1. The minimum absolute atomic E-state index is 0.151. The Morgan fingerprint density at radius 3 is 2.48 bits per heavy atom. The molecule has 0 spiro atoms. The lowest BCUT2D eigenvalue weighted by Crippen LogP contribution is -2.09. The molecule has 0 aliphatic carbocycles. The molecule has 0 saturated carbocycles. The predicted molar refractivity (Wildman–Crippen MR) is 83.0 cm³/mol. The first kappa shape index (κ1) is 15.7. The predicted octanol–water partition coefficient (Wildman–Crippen LogP) is 4.29. The van der Waals surface area contributed by atoms with Gasteiger partial charge in [-0.3, -0.25) is 4.79 Å². The molecule has 0 fully saturated rings. The second-order valence-corrected chi connectivity index (χ2v) is 5.16. The highest BCUT2D eigenvalue weighted by Crippen LogP contribution is 2.27. The van der Waals surface area contributed by atoms with Crippen molar-refractivity contribution in [3.63, 3.8) is 0 Å². The summed E-state index contributed by atoms with van der Waals surface area (Å²) in [4.78, 5) is 11.4. The molecule has 0 bridgehead atoms. The van der Waals surface area contributed by atoms with Gasteiger partial charge in [-0.1, -0.05) is 47.5 Å². The second-order valence-electron chi connectivity index (χ2n) is 4.35. The van der Waals surface area contributed by atoms with E-state index in [1.54, 1.807) is 24.3 Å². The normalized spacial score (nSPS) is 10.2. The van der Waals surface area contributed by atoms with Gasteiger partial charge < -0.3 is 9.47 Å². The van der Waals surface area contributed by atoms with E-state index in [0.717, 1.165) is 11.1 Å². The zero-order chi connectivity index (χ0) is 15.2. The van der Waals surface area contributed by atoms with Gasteiger partial charge in [-0.15, -0.1) is 0 Å². The first-order chi connectivity index (χ1) is 10.1. The Kier molecular flexibility index (Phi) is 5.48. The molecule has 110 valence electrons. The quantitative estimate of drug-likeness (QED) is 0.770. The van der Waals surface area contributed by atoms with E-state index < -0.39 is 0 Å². The lowest BCUT2D eigenvalue weighted by atomic mass is 10.1. The molecular weight excluding hydrogens is 311 g/mol. The van der Waals surface area contributed by atoms with Crippen molar-refractivity contribution in [3.8, 4) is 5.75 Å². The molecule has 5 heteroatoms. The third-order valence-electron chi connectivity index (χ3n) is 2.99. The maximum atomic E-state index is 11.4. The van der Waals surface area contributed by atoms with Gasteiger partial charge in [0, 0.05) is 10.6 Å². The third-order valence-corrected chi connectivity index (χ3v) is 3.65. The Labute approximate surface area is 133 Å². The Morgan fingerprint density at radius 2 is 1.76 bits per heavy atom. The number of para-hydroxylation sites is 1. The smallest absolute Gasteiger partial charge is 0.309 e. The number of rotatable bonds is 5. The van der Waals surface area contributed by atoms with Gasteiger partial charge in [0.25, 0.3) is 0 Å². The van der Waals surface area contributed by atoms with Crippen LogP contribution in [0.1, 0.15) is 11.1 Å². The van der Waals surface area contributed by atoms with Gasteiger partial charge in [-0.25, -0.2) is 0 Å². The summed E-state index contributed by atoms with van der Waals surface area (Å²) in [6.07, 6.45) is 0.151. The summed E-state index contributed by atoms with van der Waals surface area (Å²) in [5, 5.41) is 1.07. The Hall–Kier alpha value is -1.71. The summed E-state index contributed by atoms with van der Waals surface area (Å²) in [7, 11) is 1.35. The van der Waals surface area contributed by atoms with Crippen LogP contribution >= 0.6 is 23.2 Å². The number of esters is 1. The van der Waals surface area contributed by atoms with Crippen molar-refractivity contribution in [2.75, 3.05) is 7.11 Å². The van der Waals surface area contributed by atoms with E-state index in [1.807, 2.05) is 18.2 Å². The molecule has 0 aromatic heterocycles. The molecule has 0 aliphatic heterocycles. The summed E-state index contributed by atoms with van der Waals surface area (Å²) in [5.74, 6) is 0.249. The Bertz CT molecular complexity index is 641. The van der Waals surface area contributed by atoms with Crippen LogP contribution in [0.25, 0.3) is 0 Å². The molecule has 21 heavy (non-hydrogen) atoms. The Balaban J connectivity index is 2.19. The van der Waals surface area contributed by atoms with Crippen LogP contribution < -0.4 is 4.74 Å². The van der Waals surface area contributed by atoms with E-state index in [4.69, 9.17) is 27.9 Å². The SMILES string of the molecule is COC(=O)Cc1cccc(Cl)c1COc1ccccc1Cl. The molecule has 0 radical (unpaired) electrons. The average Bonchev–Trinajstić information content (AvgIpc) is 2.48. The number of benzene rings is 2. The van der Waals surface area contributed by atoms with E-state index in [9.17, 15) is 4.79 Å². The van der Waals surface area contributed by atoms with Gasteiger partial charge in [0.05, 0.1) is 18.6 Å². The van der Waals surface area contributed by atoms with Gasteiger partial charge in [0.1, 0.15) is 12.4 Å². The molecule has 3 nitrogen and oxygen atoms in total. The number of hydrogen-bond acceptors (Lipinski definition) is 3. The third kappa shape index (κ3) is 4.13. The molecule has 2 aromatic carbocycles. The molecule has 2 aromatic rings. The molecule has 0 N–H and O–H groups in total. The maximum absolute atomic E-state index is 11.4. The highest BCUT2D eigenvalue weighted by atomic mass is 35.5. The summed E-state index contributed by atoms with van der Waals surface area (Å²) in [6.45, 7) is 0.232. The molecule has 0 unspecified atom stereocenters. The number of hydrogen-bond donors (Lipinski definition) is 0. The van der Waals surface area contributed by atoms with Crippen LogP contribution in [0.2, 0.25) is 10.0 Å². The first-order valence-electron chi connectivity index (χ1n) is 6.32. The van der Waals surface area contributed by atoms with E-state index in [0.29, 0.717) is 15.8 Å². The van der Waals surface area contributed by atoms with Crippen molar-refractivity contribution in [2.45, 2.75) is 13.0 Å². The molecule has 0 saturated heterocycles. The zero-order valence-electron chi connectivity index (χ0n) is 11.4. The fraction of sp³-hybridized carbons (Fsp3) is 0.188. The standard InChI is InChI=1S/C16H14Cl2O3/c1-20-16(19)9-11-5-4-7-13(17)12(11)10-21-15-8-3-2-6-14(15)18/h2-8H,9-10H2,1H3. The highest BCUT2D eigenvalue weighted by molar-refractivity contribution is 6.32. The summed E-state index contributed by atoms with van der Waals surface area (Å²) in [5.41, 5.74) is 1.53. The van der Waals surface area contributed by atoms with E-state index in [-0.39, 0.29) is 19.0 Å². The van der Waals surface area contributed by atoms with Crippen molar-refractivity contribution >= 4 is 29.2 Å². The topological polar surface area (TPSA) is 35.5 Å². The number of ether oxygens (including phenoxy) is 2. The highest BCUT2D eigenvalue weighted by Gasteiger charge is 2.12. The average molecular weight is 325 g/mol. The van der Waals surface area contributed by atoms with Gasteiger partial charge >= 0.3 is 5.97 Å². The molecule has 0 heterocycles. The van der Waals surface area contributed by atoms with Gasteiger partial charge in [-0.05, 0) is 23.8 Å². The van der Waals surface area contributed by atoms with Crippen molar-refractivity contribution < 1.29 is 14.3 Å². The van der Waals surface area contributed by atoms with E-state index in [2.05, 4.69) is 4.74 Å². The van der Waals surface area contributed by atoms with Crippen LogP contribution in [0.5, 0.6) is 5.75 Å². The summed E-state index contributed by atoms with van der Waals surface area (Å²) in [6, 6.07) is 12.6. The zero-order valence-corrected chi connectivity index (χ0v) is 12.9. The summed E-state index contributed by atoms with van der Waals surface area (Å²) < 4.78 is 10.4. The number of carbonyl (C=O) groups is 1. The van der Waals surface area contributed by atoms with Crippen molar-refractivity contribution in [3.05, 3.63) is 63.6 Å². The monoisotopic (exact) mass is 324 g/mol. The van der Waals surface area contributed by atoms with Crippen LogP contribution in [-0.2, 0) is 22.6 Å². The van der Waals surface area contributed by atoms with E-state index in [1.165, 1.54) is 7.11 Å². The van der Waals surface area contributed by atoms with Crippen LogP contribution in [0.4, 0.5) is 0 Å². The van der Waals surface area contributed by atoms with Crippen molar-refractivity contribution in [1.82, 2.24) is 0 Å². The second kappa shape index (κ2) is 7.34.